The molecule has 0 aromatic heterocycles. The monoisotopic (exact) mass is 347 g/mol. The first-order valence-electron chi connectivity index (χ1n) is 8.19. The molecule has 25 heavy (non-hydrogen) atoms. The van der Waals surface area contributed by atoms with E-state index in [1.807, 2.05) is 4.90 Å². The van der Waals surface area contributed by atoms with Crippen molar-refractivity contribution in [2.24, 2.45) is 0 Å². The molecule has 1 aliphatic rings. The third-order valence-electron chi connectivity index (χ3n) is 4.45. The maximum absolute atomic E-state index is 14.1. The van der Waals surface area contributed by atoms with Crippen molar-refractivity contribution < 1.29 is 13.7 Å². The predicted molar refractivity (Wildman–Crippen MR) is 91.6 cm³/mol. The minimum Gasteiger partial charge on any atom is -0.370 e. The summed E-state index contributed by atoms with van der Waals surface area (Å²) in [5.41, 5.74) is 0.891. The fourth-order valence-corrected chi connectivity index (χ4v) is 3.14. The van der Waals surface area contributed by atoms with Crippen LogP contribution in [-0.4, -0.2) is 36.0 Å². The molecule has 0 saturated carbocycles. The molecular formula is C18H19F2N3O2. The molecule has 3 rings (SSSR count). The fourth-order valence-electron chi connectivity index (χ4n) is 3.14. The van der Waals surface area contributed by atoms with Crippen molar-refractivity contribution in [3.8, 4) is 0 Å². The highest BCUT2D eigenvalue weighted by Crippen LogP contribution is 2.24. The van der Waals surface area contributed by atoms with Crippen molar-refractivity contribution in [3.05, 3.63) is 69.8 Å². The number of rotatable bonds is 4. The maximum atomic E-state index is 14.1. The summed E-state index contributed by atoms with van der Waals surface area (Å²) in [5, 5.41) is 11.1. The van der Waals surface area contributed by atoms with Crippen LogP contribution in [0.25, 0.3) is 0 Å². The summed E-state index contributed by atoms with van der Waals surface area (Å²) in [7, 11) is 0. The van der Waals surface area contributed by atoms with Crippen molar-refractivity contribution in [1.82, 2.24) is 4.90 Å². The van der Waals surface area contributed by atoms with Gasteiger partial charge in [-0.1, -0.05) is 6.07 Å². The Morgan fingerprint density at radius 1 is 1.00 bits per heavy atom. The lowest BCUT2D eigenvalue weighted by Crippen LogP contribution is -2.30. The fraction of sp³-hybridized carbons (Fsp3) is 0.333. The quantitative estimate of drug-likeness (QED) is 0.626. The molecule has 132 valence electrons. The number of anilines is 1. The molecule has 7 heteroatoms. The molecule has 0 amide bonds. The topological polar surface area (TPSA) is 49.6 Å². The summed E-state index contributed by atoms with van der Waals surface area (Å²) >= 11 is 0. The lowest BCUT2D eigenvalue weighted by molar-refractivity contribution is -0.385. The molecule has 2 aromatic rings. The van der Waals surface area contributed by atoms with E-state index in [9.17, 15) is 18.9 Å². The van der Waals surface area contributed by atoms with Gasteiger partial charge in [-0.05, 0) is 36.8 Å². The zero-order valence-electron chi connectivity index (χ0n) is 13.7. The third-order valence-corrected chi connectivity index (χ3v) is 4.45. The second-order valence-electron chi connectivity index (χ2n) is 6.09. The number of nitrogens with zero attached hydrogens (tertiary/aromatic N) is 3. The summed E-state index contributed by atoms with van der Waals surface area (Å²) in [6, 6.07) is 10.3. The largest absolute Gasteiger partial charge is 0.370 e. The Bertz CT molecular complexity index is 752. The molecule has 1 aliphatic heterocycles. The highest BCUT2D eigenvalue weighted by atomic mass is 19.1. The van der Waals surface area contributed by atoms with Crippen LogP contribution in [-0.2, 0) is 6.54 Å². The van der Waals surface area contributed by atoms with E-state index in [-0.39, 0.29) is 23.6 Å². The van der Waals surface area contributed by atoms with Gasteiger partial charge >= 0.3 is 0 Å². The van der Waals surface area contributed by atoms with E-state index in [0.717, 1.165) is 25.2 Å². The third kappa shape index (κ3) is 4.11. The molecule has 1 fully saturated rings. The standard InChI is InChI=1S/C18H19F2N3O2/c19-14-5-7-15(8-6-14)22-10-2-9-21(11-12-22)13-16-17(20)3-1-4-18(16)23(24)25/h1,3-8H,2,9-13H2. The van der Waals surface area contributed by atoms with Gasteiger partial charge in [-0.2, -0.15) is 0 Å². The number of halogens is 2. The molecule has 1 heterocycles. The SMILES string of the molecule is O=[N+]([O-])c1cccc(F)c1CN1CCCN(c2ccc(F)cc2)CC1. The van der Waals surface area contributed by atoms with Gasteiger partial charge in [0.25, 0.3) is 5.69 Å². The lowest BCUT2D eigenvalue weighted by Gasteiger charge is -2.23. The molecule has 0 radical (unpaired) electrons. The van der Waals surface area contributed by atoms with Gasteiger partial charge in [-0.3, -0.25) is 15.0 Å². The van der Waals surface area contributed by atoms with Crippen LogP contribution in [0, 0.1) is 21.7 Å². The van der Waals surface area contributed by atoms with Crippen LogP contribution < -0.4 is 4.90 Å². The first-order chi connectivity index (χ1) is 12.0. The molecular weight excluding hydrogens is 328 g/mol. The lowest BCUT2D eigenvalue weighted by atomic mass is 10.1. The summed E-state index contributed by atoms with van der Waals surface area (Å²) in [4.78, 5) is 14.8. The summed E-state index contributed by atoms with van der Waals surface area (Å²) < 4.78 is 27.1. The second-order valence-corrected chi connectivity index (χ2v) is 6.09. The molecule has 0 unspecified atom stereocenters. The van der Waals surface area contributed by atoms with Gasteiger partial charge in [-0.25, -0.2) is 8.78 Å². The van der Waals surface area contributed by atoms with Crippen LogP contribution in [0.5, 0.6) is 0 Å². The summed E-state index contributed by atoms with van der Waals surface area (Å²) in [5.74, 6) is -0.819. The van der Waals surface area contributed by atoms with Crippen LogP contribution in [0.15, 0.2) is 42.5 Å². The van der Waals surface area contributed by atoms with Gasteiger partial charge < -0.3 is 4.90 Å². The van der Waals surface area contributed by atoms with Gasteiger partial charge in [0, 0.05) is 44.5 Å². The molecule has 1 saturated heterocycles. The number of benzene rings is 2. The van der Waals surface area contributed by atoms with Gasteiger partial charge in [0.05, 0.1) is 10.5 Å². The maximum Gasteiger partial charge on any atom is 0.276 e. The average molecular weight is 347 g/mol. The number of hydrogen-bond acceptors (Lipinski definition) is 4. The van der Waals surface area contributed by atoms with Crippen LogP contribution in [0.2, 0.25) is 0 Å². The van der Waals surface area contributed by atoms with E-state index >= 15 is 0 Å². The molecule has 0 bridgehead atoms. The summed E-state index contributed by atoms with van der Waals surface area (Å²) in [6.45, 7) is 3.10. The molecule has 0 spiro atoms. The normalized spacial score (nSPS) is 15.8. The van der Waals surface area contributed by atoms with Crippen LogP contribution in [0.1, 0.15) is 12.0 Å². The van der Waals surface area contributed by atoms with Gasteiger partial charge in [-0.15, -0.1) is 0 Å². The van der Waals surface area contributed by atoms with Crippen molar-refractivity contribution in [2.45, 2.75) is 13.0 Å². The summed E-state index contributed by atoms with van der Waals surface area (Å²) in [6.07, 6.45) is 0.847. The zero-order valence-corrected chi connectivity index (χ0v) is 13.7. The predicted octanol–water partition coefficient (Wildman–Crippen LogP) is 3.59. The average Bonchev–Trinajstić information content (AvgIpc) is 2.83. The Morgan fingerprint density at radius 2 is 1.76 bits per heavy atom. The van der Waals surface area contributed by atoms with Crippen molar-refractivity contribution >= 4 is 11.4 Å². The Balaban J connectivity index is 1.70. The van der Waals surface area contributed by atoms with Crippen LogP contribution in [0.3, 0.4) is 0 Å². The zero-order chi connectivity index (χ0) is 17.8. The smallest absolute Gasteiger partial charge is 0.276 e. The Kier molecular flexibility index (Phi) is 5.23. The van der Waals surface area contributed by atoms with E-state index in [0.29, 0.717) is 13.1 Å². The molecule has 0 N–H and O–H groups in total. The minimum absolute atomic E-state index is 0.128. The van der Waals surface area contributed by atoms with E-state index in [1.54, 1.807) is 12.1 Å². The van der Waals surface area contributed by atoms with Crippen LogP contribution in [0.4, 0.5) is 20.2 Å². The van der Waals surface area contributed by atoms with Crippen LogP contribution >= 0.6 is 0 Å². The van der Waals surface area contributed by atoms with E-state index in [1.165, 1.54) is 30.3 Å². The van der Waals surface area contributed by atoms with E-state index < -0.39 is 10.7 Å². The number of nitro groups is 1. The first-order valence-corrected chi connectivity index (χ1v) is 8.19. The molecule has 5 nitrogen and oxygen atoms in total. The highest BCUT2D eigenvalue weighted by Gasteiger charge is 2.22. The number of nitro benzene ring substituents is 1. The van der Waals surface area contributed by atoms with Crippen molar-refractivity contribution in [3.63, 3.8) is 0 Å². The van der Waals surface area contributed by atoms with Crippen molar-refractivity contribution in [2.75, 3.05) is 31.1 Å². The Morgan fingerprint density at radius 3 is 2.48 bits per heavy atom. The molecule has 0 aliphatic carbocycles. The first kappa shape index (κ1) is 17.3. The van der Waals surface area contributed by atoms with E-state index in [2.05, 4.69) is 4.90 Å². The Labute approximate surface area is 144 Å². The van der Waals surface area contributed by atoms with Gasteiger partial charge in [0.1, 0.15) is 11.6 Å². The van der Waals surface area contributed by atoms with E-state index in [4.69, 9.17) is 0 Å². The number of hydrogen-bond donors (Lipinski definition) is 0. The second kappa shape index (κ2) is 7.57. The molecule has 0 atom stereocenters. The van der Waals surface area contributed by atoms with Crippen molar-refractivity contribution in [1.29, 1.82) is 0 Å². The van der Waals surface area contributed by atoms with Gasteiger partial charge in [0.15, 0.2) is 0 Å². The minimum atomic E-state index is -0.547. The Hall–Kier alpha value is -2.54. The highest BCUT2D eigenvalue weighted by molar-refractivity contribution is 5.46. The van der Waals surface area contributed by atoms with Gasteiger partial charge in [0.2, 0.25) is 0 Å². The molecule has 2 aromatic carbocycles.